The quantitative estimate of drug-likeness (QED) is 0.926. The largest absolute Gasteiger partial charge is 0.477 e. The number of hydrogen-bond donors (Lipinski definition) is 1. The summed E-state index contributed by atoms with van der Waals surface area (Å²) in [6.45, 7) is 1.35. The van der Waals surface area contributed by atoms with Crippen molar-refractivity contribution >= 4 is 23.2 Å². The van der Waals surface area contributed by atoms with E-state index in [1.807, 2.05) is 11.0 Å². The van der Waals surface area contributed by atoms with E-state index in [1.165, 1.54) is 17.2 Å². The van der Waals surface area contributed by atoms with Crippen LogP contribution in [0.15, 0.2) is 36.4 Å². The number of thiophene rings is 1. The lowest BCUT2D eigenvalue weighted by atomic mass is 9.87. The van der Waals surface area contributed by atoms with Crippen LogP contribution in [0.25, 0.3) is 0 Å². The average molecular weight is 313 g/mol. The summed E-state index contributed by atoms with van der Waals surface area (Å²) in [7, 11) is 0. The zero-order valence-corrected chi connectivity index (χ0v) is 12.7. The average Bonchev–Trinajstić information content (AvgIpc) is 3.11. The normalized spacial score (nSPS) is 18.1. The van der Waals surface area contributed by atoms with Gasteiger partial charge in [0.05, 0.1) is 4.88 Å². The van der Waals surface area contributed by atoms with Crippen molar-refractivity contribution in [2.45, 2.75) is 24.8 Å². The second-order valence-corrected chi connectivity index (χ2v) is 7.15. The maximum Gasteiger partial charge on any atom is 0.345 e. The number of amides is 1. The highest BCUT2D eigenvalue weighted by atomic mass is 32.1. The minimum absolute atomic E-state index is 0.0571. The van der Waals surface area contributed by atoms with Gasteiger partial charge in [-0.2, -0.15) is 0 Å². The van der Waals surface area contributed by atoms with Crippen molar-refractivity contribution in [3.63, 3.8) is 0 Å². The van der Waals surface area contributed by atoms with Crippen molar-refractivity contribution in [1.29, 1.82) is 0 Å². The molecule has 4 nitrogen and oxygen atoms in total. The molecule has 0 atom stereocenters. The summed E-state index contributed by atoms with van der Waals surface area (Å²) in [5.74, 6) is -1.04. The van der Waals surface area contributed by atoms with E-state index in [1.54, 1.807) is 6.07 Å². The fourth-order valence-electron chi connectivity index (χ4n) is 3.33. The maximum absolute atomic E-state index is 12.7. The van der Waals surface area contributed by atoms with E-state index in [4.69, 9.17) is 5.11 Å². The third kappa shape index (κ3) is 2.04. The van der Waals surface area contributed by atoms with Crippen molar-refractivity contribution in [2.75, 3.05) is 6.54 Å². The van der Waals surface area contributed by atoms with Crippen molar-refractivity contribution in [3.05, 3.63) is 57.3 Å². The number of rotatable bonds is 2. The highest BCUT2D eigenvalue weighted by Crippen LogP contribution is 2.52. The first-order valence-electron chi connectivity index (χ1n) is 7.30. The molecule has 4 rings (SSSR count). The predicted molar refractivity (Wildman–Crippen MR) is 83.4 cm³/mol. The summed E-state index contributed by atoms with van der Waals surface area (Å²) in [6.07, 6.45) is 2.25. The number of carboxylic acid groups (broad SMARTS) is 1. The van der Waals surface area contributed by atoms with Crippen LogP contribution in [0.5, 0.6) is 0 Å². The van der Waals surface area contributed by atoms with Crippen molar-refractivity contribution in [1.82, 2.24) is 4.90 Å². The van der Waals surface area contributed by atoms with Crippen LogP contribution in [0.1, 0.15) is 43.3 Å². The van der Waals surface area contributed by atoms with Crippen LogP contribution < -0.4 is 0 Å². The van der Waals surface area contributed by atoms with Gasteiger partial charge in [-0.3, -0.25) is 4.79 Å². The Hall–Kier alpha value is -2.14. The molecule has 22 heavy (non-hydrogen) atoms. The molecule has 112 valence electrons. The fourth-order valence-corrected chi connectivity index (χ4v) is 4.15. The summed E-state index contributed by atoms with van der Waals surface area (Å²) in [5.41, 5.74) is 2.74. The number of hydrogen-bond acceptors (Lipinski definition) is 3. The summed E-state index contributed by atoms with van der Waals surface area (Å²) in [5, 5.41) is 9.00. The molecule has 0 saturated heterocycles. The number of carbonyl (C=O) groups is 2. The molecular formula is C17H15NO3S. The van der Waals surface area contributed by atoms with Crippen LogP contribution in [0.3, 0.4) is 0 Å². The van der Waals surface area contributed by atoms with E-state index in [0.29, 0.717) is 11.4 Å². The molecule has 1 spiro atoms. The lowest BCUT2D eigenvalue weighted by molar-refractivity contribution is 0.0699. The van der Waals surface area contributed by atoms with Gasteiger partial charge in [-0.05, 0) is 36.1 Å². The Morgan fingerprint density at radius 3 is 2.50 bits per heavy atom. The third-order valence-corrected chi connectivity index (χ3v) is 5.67. The number of carbonyl (C=O) groups excluding carboxylic acids is 1. The van der Waals surface area contributed by atoms with Gasteiger partial charge in [0.15, 0.2) is 0 Å². The Morgan fingerprint density at radius 2 is 1.82 bits per heavy atom. The van der Waals surface area contributed by atoms with E-state index < -0.39 is 5.97 Å². The molecule has 1 saturated carbocycles. The standard InChI is InChI=1S/C17H15NO3S/c19-15(13-5-6-14(22-13)16(20)21)18-9-11-3-1-2-4-12(11)17(10-18)7-8-17/h1-6H,7-10H2,(H,20,21). The molecular weight excluding hydrogens is 298 g/mol. The minimum atomic E-state index is -0.980. The van der Waals surface area contributed by atoms with Crippen molar-refractivity contribution < 1.29 is 14.7 Å². The summed E-state index contributed by atoms with van der Waals surface area (Å²) < 4.78 is 0. The Bertz CT molecular complexity index is 776. The Kier molecular flexibility index (Phi) is 2.87. The van der Waals surface area contributed by atoms with Crippen molar-refractivity contribution in [3.8, 4) is 0 Å². The predicted octanol–water partition coefficient (Wildman–Crippen LogP) is 3.13. The van der Waals surface area contributed by atoms with Crippen LogP contribution in [-0.2, 0) is 12.0 Å². The molecule has 1 aromatic heterocycles. The van der Waals surface area contributed by atoms with Crippen LogP contribution in [0.2, 0.25) is 0 Å². The van der Waals surface area contributed by atoms with E-state index in [9.17, 15) is 9.59 Å². The van der Waals surface area contributed by atoms with Gasteiger partial charge in [0, 0.05) is 18.5 Å². The van der Waals surface area contributed by atoms with E-state index in [2.05, 4.69) is 18.2 Å². The van der Waals surface area contributed by atoms with Gasteiger partial charge in [-0.15, -0.1) is 11.3 Å². The van der Waals surface area contributed by atoms with Gasteiger partial charge in [0.25, 0.3) is 5.91 Å². The Labute approximate surface area is 132 Å². The molecule has 1 aliphatic carbocycles. The van der Waals surface area contributed by atoms with Gasteiger partial charge in [-0.1, -0.05) is 24.3 Å². The molecule has 2 aromatic rings. The van der Waals surface area contributed by atoms with Gasteiger partial charge >= 0.3 is 5.97 Å². The van der Waals surface area contributed by atoms with E-state index in [-0.39, 0.29) is 16.2 Å². The molecule has 0 unspecified atom stereocenters. The van der Waals surface area contributed by atoms with E-state index >= 15 is 0 Å². The van der Waals surface area contributed by atoms with Crippen LogP contribution in [0.4, 0.5) is 0 Å². The second kappa shape index (κ2) is 4.68. The van der Waals surface area contributed by atoms with Gasteiger partial charge < -0.3 is 10.0 Å². The van der Waals surface area contributed by atoms with Gasteiger partial charge in [0.2, 0.25) is 0 Å². The fraction of sp³-hybridized carbons (Fsp3) is 0.294. The summed E-state index contributed by atoms with van der Waals surface area (Å²) in [4.78, 5) is 26.3. The second-order valence-electron chi connectivity index (χ2n) is 6.07. The molecule has 0 bridgehead atoms. The number of aromatic carboxylic acids is 1. The number of nitrogens with zero attached hydrogens (tertiary/aromatic N) is 1. The van der Waals surface area contributed by atoms with Crippen molar-refractivity contribution in [2.24, 2.45) is 0 Å². The SMILES string of the molecule is O=C(O)c1ccc(C(=O)N2Cc3ccccc3C3(CC3)C2)s1. The first-order valence-corrected chi connectivity index (χ1v) is 8.11. The number of fused-ring (bicyclic) bond motifs is 2. The summed E-state index contributed by atoms with van der Waals surface area (Å²) >= 11 is 1.05. The molecule has 1 fully saturated rings. The third-order valence-electron chi connectivity index (χ3n) is 4.61. The summed E-state index contributed by atoms with van der Waals surface area (Å²) in [6, 6.07) is 11.5. The van der Waals surface area contributed by atoms with Gasteiger partial charge in [-0.25, -0.2) is 4.79 Å². The molecule has 1 aliphatic heterocycles. The molecule has 0 radical (unpaired) electrons. The smallest absolute Gasteiger partial charge is 0.345 e. The minimum Gasteiger partial charge on any atom is -0.477 e. The lowest BCUT2D eigenvalue weighted by Gasteiger charge is -2.34. The molecule has 1 amide bonds. The topological polar surface area (TPSA) is 57.6 Å². The lowest BCUT2D eigenvalue weighted by Crippen LogP contribution is -2.41. The molecule has 5 heteroatoms. The Morgan fingerprint density at radius 1 is 1.09 bits per heavy atom. The van der Waals surface area contributed by atoms with Crippen LogP contribution in [0, 0.1) is 0 Å². The zero-order valence-electron chi connectivity index (χ0n) is 11.9. The monoisotopic (exact) mass is 313 g/mol. The number of benzene rings is 1. The highest BCUT2D eigenvalue weighted by Gasteiger charge is 2.49. The molecule has 1 N–H and O–H groups in total. The van der Waals surface area contributed by atoms with Crippen LogP contribution >= 0.6 is 11.3 Å². The molecule has 2 aliphatic rings. The first kappa shape index (κ1) is 13.5. The first-order chi connectivity index (χ1) is 10.6. The number of carboxylic acids is 1. The van der Waals surface area contributed by atoms with E-state index in [0.717, 1.165) is 30.7 Å². The molecule has 2 heterocycles. The van der Waals surface area contributed by atoms with Gasteiger partial charge in [0.1, 0.15) is 4.88 Å². The zero-order chi connectivity index (χ0) is 15.3. The van der Waals surface area contributed by atoms with Crippen LogP contribution in [-0.4, -0.2) is 28.4 Å². The maximum atomic E-state index is 12.7. The molecule has 1 aromatic carbocycles. The highest BCUT2D eigenvalue weighted by molar-refractivity contribution is 7.15. The Balaban J connectivity index is 1.64.